The van der Waals surface area contributed by atoms with Crippen LogP contribution in [0.2, 0.25) is 0 Å². The molecule has 0 aliphatic heterocycles. The van der Waals surface area contributed by atoms with E-state index in [0.29, 0.717) is 12.0 Å². The van der Waals surface area contributed by atoms with Crippen LogP contribution in [0, 0.1) is 5.41 Å². The number of rotatable bonds is 9. The highest BCUT2D eigenvalue weighted by molar-refractivity contribution is 7.86. The summed E-state index contributed by atoms with van der Waals surface area (Å²) >= 11 is 0. The Morgan fingerprint density at radius 1 is 1.08 bits per heavy atom. The summed E-state index contributed by atoms with van der Waals surface area (Å²) in [4.78, 5) is 12.2. The highest BCUT2D eigenvalue weighted by atomic mass is 32.2. The van der Waals surface area contributed by atoms with E-state index in [1.165, 1.54) is 0 Å². The number of esters is 1. The predicted molar refractivity (Wildman–Crippen MR) is 99.9 cm³/mol. The average Bonchev–Trinajstić information content (AvgIpc) is 2.63. The molecule has 0 aromatic heterocycles. The van der Waals surface area contributed by atoms with Gasteiger partial charge in [0.1, 0.15) is 12.7 Å². The molecule has 2 aromatic carbocycles. The minimum absolute atomic E-state index is 0.194. The number of carbonyl (C=O) groups is 1. The lowest BCUT2D eigenvalue weighted by molar-refractivity contribution is 0.0313. The number of hydrogen-bond acceptors (Lipinski definition) is 6. The molecule has 26 heavy (non-hydrogen) atoms. The molecule has 0 amide bonds. The van der Waals surface area contributed by atoms with Gasteiger partial charge >= 0.3 is 5.97 Å². The Hall–Kier alpha value is -2.51. The fourth-order valence-corrected chi connectivity index (χ4v) is 3.00. The van der Waals surface area contributed by atoms with Crippen molar-refractivity contribution in [2.24, 2.45) is 0 Å². The Morgan fingerprint density at radius 2 is 1.69 bits per heavy atom. The van der Waals surface area contributed by atoms with Crippen molar-refractivity contribution < 1.29 is 22.1 Å². The Morgan fingerprint density at radius 3 is 2.27 bits per heavy atom. The number of hydrogen-bond donors (Lipinski definition) is 1. The lowest BCUT2D eigenvalue weighted by Crippen LogP contribution is -2.25. The zero-order valence-corrected chi connectivity index (χ0v) is 15.2. The van der Waals surface area contributed by atoms with Gasteiger partial charge in [-0.2, -0.15) is 8.42 Å². The first-order chi connectivity index (χ1) is 12.4. The molecule has 6 nitrogen and oxygen atoms in total. The second-order valence-corrected chi connectivity index (χ2v) is 7.35. The highest BCUT2D eigenvalue weighted by Gasteiger charge is 2.18. The molecule has 0 heterocycles. The normalized spacial score (nSPS) is 12.3. The predicted octanol–water partition coefficient (Wildman–Crippen LogP) is 3.28. The van der Waals surface area contributed by atoms with Gasteiger partial charge in [0.25, 0.3) is 10.1 Å². The molecular formula is C19H21NO5S. The third-order valence-electron chi connectivity index (χ3n) is 3.57. The maximum Gasteiger partial charge on any atom is 0.338 e. The SMILES string of the molecule is CS(=O)(=O)O[C@@H](CCC=N)COC(=O)c1ccc(-c2ccccc2)cc1. The lowest BCUT2D eigenvalue weighted by atomic mass is 10.0. The molecule has 1 atom stereocenters. The summed E-state index contributed by atoms with van der Waals surface area (Å²) in [5.41, 5.74) is 2.39. The van der Waals surface area contributed by atoms with E-state index >= 15 is 0 Å². The van der Waals surface area contributed by atoms with Crippen LogP contribution in [0.5, 0.6) is 0 Å². The van der Waals surface area contributed by atoms with E-state index in [-0.39, 0.29) is 13.0 Å². The molecule has 0 aliphatic rings. The minimum Gasteiger partial charge on any atom is -0.459 e. The van der Waals surface area contributed by atoms with Crippen molar-refractivity contribution in [3.63, 3.8) is 0 Å². The van der Waals surface area contributed by atoms with Crippen molar-refractivity contribution in [3.8, 4) is 11.1 Å². The Labute approximate surface area is 153 Å². The quantitative estimate of drug-likeness (QED) is 0.412. The molecule has 2 rings (SSSR count). The van der Waals surface area contributed by atoms with E-state index in [9.17, 15) is 13.2 Å². The van der Waals surface area contributed by atoms with Crippen LogP contribution in [0.3, 0.4) is 0 Å². The molecule has 0 spiro atoms. The van der Waals surface area contributed by atoms with Crippen molar-refractivity contribution in [3.05, 3.63) is 60.2 Å². The molecule has 0 bridgehead atoms. The molecule has 0 saturated heterocycles. The molecule has 0 fully saturated rings. The van der Waals surface area contributed by atoms with E-state index in [1.807, 2.05) is 42.5 Å². The summed E-state index contributed by atoms with van der Waals surface area (Å²) in [6.07, 6.45) is 1.90. The average molecular weight is 375 g/mol. The maximum atomic E-state index is 12.2. The first kappa shape index (κ1) is 19.8. The first-order valence-electron chi connectivity index (χ1n) is 8.09. The number of benzene rings is 2. The summed E-state index contributed by atoms with van der Waals surface area (Å²) in [5.74, 6) is -0.554. The standard InChI is InChI=1S/C19H21NO5S/c1-26(22,23)25-18(8-5-13-20)14-24-19(21)17-11-9-16(10-12-17)15-6-3-2-4-7-15/h2-4,6-7,9-13,18,20H,5,8,14H2,1H3/t18-/m0/s1. The Kier molecular flexibility index (Phi) is 7.06. The Balaban J connectivity index is 1.98. The smallest absolute Gasteiger partial charge is 0.338 e. The van der Waals surface area contributed by atoms with Gasteiger partial charge in [-0.15, -0.1) is 0 Å². The molecule has 2 aromatic rings. The van der Waals surface area contributed by atoms with Gasteiger partial charge in [-0.25, -0.2) is 4.79 Å². The van der Waals surface area contributed by atoms with Crippen LogP contribution in [0.25, 0.3) is 11.1 Å². The highest BCUT2D eigenvalue weighted by Crippen LogP contribution is 2.19. The monoisotopic (exact) mass is 375 g/mol. The summed E-state index contributed by atoms with van der Waals surface area (Å²) < 4.78 is 32.6. The van der Waals surface area contributed by atoms with Gasteiger partial charge in [-0.3, -0.25) is 4.18 Å². The van der Waals surface area contributed by atoms with Crippen LogP contribution in [0.15, 0.2) is 54.6 Å². The van der Waals surface area contributed by atoms with Gasteiger partial charge in [-0.05, 0) is 42.3 Å². The van der Waals surface area contributed by atoms with Crippen molar-refractivity contribution in [1.82, 2.24) is 0 Å². The van der Waals surface area contributed by atoms with Crippen LogP contribution in [-0.4, -0.2) is 39.6 Å². The summed E-state index contributed by atoms with van der Waals surface area (Å²) in [7, 11) is -3.67. The second-order valence-electron chi connectivity index (χ2n) is 5.75. The molecule has 7 heteroatoms. The van der Waals surface area contributed by atoms with E-state index in [1.54, 1.807) is 12.1 Å². The maximum absolute atomic E-state index is 12.2. The molecule has 0 radical (unpaired) electrons. The van der Waals surface area contributed by atoms with E-state index in [0.717, 1.165) is 23.6 Å². The van der Waals surface area contributed by atoms with Crippen LogP contribution in [-0.2, 0) is 19.0 Å². The number of nitrogens with one attached hydrogen (secondary N) is 1. The lowest BCUT2D eigenvalue weighted by Gasteiger charge is -2.15. The second kappa shape index (κ2) is 9.26. The summed E-state index contributed by atoms with van der Waals surface area (Å²) in [6, 6.07) is 16.7. The van der Waals surface area contributed by atoms with Crippen molar-refractivity contribution in [1.29, 1.82) is 5.41 Å². The Bertz CT molecular complexity index is 832. The van der Waals surface area contributed by atoms with E-state index in [2.05, 4.69) is 0 Å². The minimum atomic E-state index is -3.67. The van der Waals surface area contributed by atoms with E-state index in [4.69, 9.17) is 14.3 Å². The van der Waals surface area contributed by atoms with Gasteiger partial charge in [0.2, 0.25) is 0 Å². The van der Waals surface area contributed by atoms with E-state index < -0.39 is 22.2 Å². The topological polar surface area (TPSA) is 93.5 Å². The fourth-order valence-electron chi connectivity index (χ4n) is 2.36. The van der Waals surface area contributed by atoms with Crippen molar-refractivity contribution >= 4 is 22.3 Å². The molecule has 0 aliphatic carbocycles. The van der Waals surface area contributed by atoms with Gasteiger partial charge in [0.15, 0.2) is 0 Å². The molecular weight excluding hydrogens is 354 g/mol. The van der Waals surface area contributed by atoms with Gasteiger partial charge in [0, 0.05) is 0 Å². The van der Waals surface area contributed by atoms with Crippen LogP contribution in [0.4, 0.5) is 0 Å². The summed E-state index contributed by atoms with van der Waals surface area (Å²) in [6.45, 7) is -0.194. The third-order valence-corrected chi connectivity index (χ3v) is 4.19. The summed E-state index contributed by atoms with van der Waals surface area (Å²) in [5, 5.41) is 7.03. The zero-order chi connectivity index (χ0) is 19.0. The molecule has 0 saturated carbocycles. The van der Waals surface area contributed by atoms with Gasteiger partial charge < -0.3 is 10.1 Å². The molecule has 1 N–H and O–H groups in total. The van der Waals surface area contributed by atoms with Gasteiger partial charge in [0.05, 0.1) is 11.8 Å². The van der Waals surface area contributed by atoms with Crippen LogP contribution >= 0.6 is 0 Å². The fraction of sp³-hybridized carbons (Fsp3) is 0.263. The van der Waals surface area contributed by atoms with Gasteiger partial charge in [-0.1, -0.05) is 42.5 Å². The first-order valence-corrected chi connectivity index (χ1v) is 9.90. The zero-order valence-electron chi connectivity index (χ0n) is 14.4. The largest absolute Gasteiger partial charge is 0.459 e. The molecule has 0 unspecified atom stereocenters. The number of ether oxygens (including phenoxy) is 1. The van der Waals surface area contributed by atoms with Crippen LogP contribution in [0.1, 0.15) is 23.2 Å². The third kappa shape index (κ3) is 6.42. The molecule has 138 valence electrons. The van der Waals surface area contributed by atoms with Crippen molar-refractivity contribution in [2.45, 2.75) is 18.9 Å². The number of carbonyl (C=O) groups excluding carboxylic acids is 1. The van der Waals surface area contributed by atoms with Crippen LogP contribution < -0.4 is 0 Å². The van der Waals surface area contributed by atoms with Crippen molar-refractivity contribution in [2.75, 3.05) is 12.9 Å².